The number of alkyl halides is 3. The summed E-state index contributed by atoms with van der Waals surface area (Å²) in [6.07, 6.45) is 15.0. The normalized spacial score (nSPS) is 17.2. The topological polar surface area (TPSA) is 494 Å². The second-order valence-electron chi connectivity index (χ2n) is 31.7. The van der Waals surface area contributed by atoms with Gasteiger partial charge in [0.15, 0.2) is 5.82 Å². The molecule has 3 fully saturated rings. The molecular formula is C91H78ClF3N22O9. The number of hydrogen-bond donors (Lipinski definition) is 13. The van der Waals surface area contributed by atoms with Crippen LogP contribution in [0.15, 0.2) is 189 Å². The van der Waals surface area contributed by atoms with Crippen LogP contribution in [0.1, 0.15) is 134 Å². The average Bonchev–Trinajstić information content (AvgIpc) is 1.61. The molecule has 0 saturated heterocycles. The summed E-state index contributed by atoms with van der Waals surface area (Å²) in [6.45, 7) is 0. The molecule has 634 valence electrons. The van der Waals surface area contributed by atoms with E-state index in [0.29, 0.717) is 147 Å². The number of nitrogens with two attached hydrogens (primary N) is 4. The van der Waals surface area contributed by atoms with Crippen molar-refractivity contribution in [3.63, 3.8) is 0 Å². The molecule has 0 atom stereocenters. The molecule has 3 aliphatic carbocycles. The summed E-state index contributed by atoms with van der Waals surface area (Å²) in [5.74, 6) is 0.491. The Morgan fingerprint density at radius 2 is 0.873 bits per heavy atom. The van der Waals surface area contributed by atoms with E-state index in [1.54, 1.807) is 78.0 Å². The number of carboxylic acid groups (broad SMARTS) is 4. The van der Waals surface area contributed by atoms with Crippen molar-refractivity contribution in [2.24, 2.45) is 17.8 Å². The maximum atomic E-state index is 13.5. The van der Waals surface area contributed by atoms with Crippen molar-refractivity contribution in [3.8, 4) is 79.9 Å². The number of anilines is 4. The lowest BCUT2D eigenvalue weighted by Gasteiger charge is -2.25. The molecule has 18 aromatic rings. The molecule has 126 heavy (non-hydrogen) atoms. The Kier molecular flexibility index (Phi) is 21.3. The fraction of sp³-hybridized carbons (Fsp3) is 0.209. The summed E-state index contributed by atoms with van der Waals surface area (Å²) in [5.41, 5.74) is 37.7. The van der Waals surface area contributed by atoms with E-state index < -0.39 is 35.6 Å². The zero-order valence-corrected chi connectivity index (χ0v) is 67.6. The molecule has 3 saturated carbocycles. The zero-order valence-electron chi connectivity index (χ0n) is 66.8. The van der Waals surface area contributed by atoms with Crippen molar-refractivity contribution < 1.29 is 57.9 Å². The summed E-state index contributed by atoms with van der Waals surface area (Å²) in [4.78, 5) is 94.8. The molecule has 21 rings (SSSR count). The van der Waals surface area contributed by atoms with Crippen LogP contribution in [0.4, 0.5) is 36.4 Å². The molecule has 6 aromatic carbocycles. The number of aromatic carboxylic acids is 1. The Morgan fingerprint density at radius 3 is 1.39 bits per heavy atom. The van der Waals surface area contributed by atoms with E-state index in [-0.39, 0.29) is 58.2 Å². The third-order valence-corrected chi connectivity index (χ3v) is 24.5. The number of fused-ring (bicyclic) bond motifs is 8. The molecular weight excluding hydrogens is 1640 g/mol. The van der Waals surface area contributed by atoms with Crippen molar-refractivity contribution in [2.75, 3.05) is 22.9 Å². The van der Waals surface area contributed by atoms with Gasteiger partial charge < -0.3 is 68.4 Å². The number of nitriles is 1. The summed E-state index contributed by atoms with van der Waals surface area (Å²) in [5, 5.41) is 64.7. The lowest BCUT2D eigenvalue weighted by atomic mass is 9.81. The summed E-state index contributed by atoms with van der Waals surface area (Å²) in [7, 11) is 0. The minimum atomic E-state index is -4.49. The van der Waals surface area contributed by atoms with Crippen LogP contribution in [0, 0.1) is 29.1 Å². The number of para-hydroxylation sites is 4. The van der Waals surface area contributed by atoms with E-state index in [1.807, 2.05) is 104 Å². The number of phenolic OH excluding ortho intramolecular Hbond substituents is 1. The van der Waals surface area contributed by atoms with Crippen LogP contribution in [0.3, 0.4) is 0 Å². The second kappa shape index (κ2) is 33.0. The van der Waals surface area contributed by atoms with Crippen LogP contribution < -0.4 is 22.9 Å². The molecule has 0 radical (unpaired) electrons. The molecule has 0 spiro atoms. The smallest absolute Gasteiger partial charge is 0.418 e. The molecule has 17 N–H and O–H groups in total. The van der Waals surface area contributed by atoms with E-state index >= 15 is 0 Å². The predicted molar refractivity (Wildman–Crippen MR) is 468 cm³/mol. The minimum Gasteiger partial charge on any atom is -0.508 e. The summed E-state index contributed by atoms with van der Waals surface area (Å²) >= 11 is 6.31. The first-order chi connectivity index (χ1) is 60.8. The number of carboxylic acids is 4. The Labute approximate surface area is 716 Å². The quantitative estimate of drug-likeness (QED) is 0.0510. The number of aromatic amines is 4. The molecule has 0 aliphatic heterocycles. The van der Waals surface area contributed by atoms with E-state index in [2.05, 4.69) is 51.0 Å². The fourth-order valence-corrected chi connectivity index (χ4v) is 18.1. The highest BCUT2D eigenvalue weighted by Crippen LogP contribution is 2.46. The number of aliphatic carboxylic acids is 3. The third kappa shape index (κ3) is 15.2. The number of phenols is 1. The van der Waals surface area contributed by atoms with Gasteiger partial charge in [-0.05, 0) is 149 Å². The van der Waals surface area contributed by atoms with Crippen molar-refractivity contribution >= 4 is 124 Å². The molecule has 0 bridgehead atoms. The highest BCUT2D eigenvalue weighted by Gasteiger charge is 2.37. The number of aromatic hydroxyl groups is 1. The van der Waals surface area contributed by atoms with Gasteiger partial charge in [0, 0.05) is 87.6 Å². The number of H-pyrrole nitrogens is 4. The van der Waals surface area contributed by atoms with Gasteiger partial charge in [-0.15, -0.1) is 0 Å². The van der Waals surface area contributed by atoms with E-state index in [9.17, 15) is 63.1 Å². The third-order valence-electron chi connectivity index (χ3n) is 24.2. The lowest BCUT2D eigenvalue weighted by Crippen LogP contribution is -2.21. The van der Waals surface area contributed by atoms with Gasteiger partial charge in [-0.1, -0.05) is 90.5 Å². The number of rotatable bonds is 13. The molecule has 12 aromatic heterocycles. The summed E-state index contributed by atoms with van der Waals surface area (Å²) < 4.78 is 47.8. The van der Waals surface area contributed by atoms with Crippen molar-refractivity contribution in [1.82, 2.24) is 82.6 Å². The van der Waals surface area contributed by atoms with E-state index in [1.165, 1.54) is 18.5 Å². The molecule has 3 aliphatic rings. The number of imidazole rings is 4. The van der Waals surface area contributed by atoms with Crippen molar-refractivity contribution in [2.45, 2.75) is 101 Å². The largest absolute Gasteiger partial charge is 0.508 e. The maximum absolute atomic E-state index is 13.5. The summed E-state index contributed by atoms with van der Waals surface area (Å²) in [6, 6.07) is 44.8. The SMILES string of the molecule is N#Cc1cccc2cc(-c3nc(C4CCC(C(=O)O)CC4)n4ccnc(N)c34)[nH]c12.Nc1nccn2c(-c3cccc(C(=O)O)c3)nc(-c3cc4cccc(Cl)c4[nH]3)c12.Nc1nccn2c(C3CCC(C(=O)O)CC3)nc(-c3cc4cccc(C(F)(F)F)c4[nH]3)c12.Nc1ncnn2c(C3CCC(C(=O)O)CC3)nc(-c3cc4cccc(-c5ccc(O)cc5)c4[nH]3)c12. The van der Waals surface area contributed by atoms with Crippen LogP contribution in [-0.4, -0.2) is 132 Å². The lowest BCUT2D eigenvalue weighted by molar-refractivity contribution is -0.143. The average molecular weight is 1720 g/mol. The molecule has 35 heteroatoms. The van der Waals surface area contributed by atoms with Crippen LogP contribution in [0.5, 0.6) is 5.75 Å². The Hall–Kier alpha value is -15.7. The highest BCUT2D eigenvalue weighted by molar-refractivity contribution is 6.35. The van der Waals surface area contributed by atoms with E-state index in [0.717, 1.165) is 110 Å². The van der Waals surface area contributed by atoms with Crippen molar-refractivity contribution in [3.05, 3.63) is 228 Å². The maximum Gasteiger partial charge on any atom is 0.418 e. The highest BCUT2D eigenvalue weighted by atomic mass is 35.5. The Balaban J connectivity index is 0.000000114. The van der Waals surface area contributed by atoms with Crippen LogP contribution in [0.2, 0.25) is 5.02 Å². The van der Waals surface area contributed by atoms with Gasteiger partial charge in [-0.25, -0.2) is 49.2 Å². The molecule has 31 nitrogen and oxygen atoms in total. The Morgan fingerprint density at radius 1 is 0.452 bits per heavy atom. The number of benzene rings is 6. The first-order valence-corrected chi connectivity index (χ1v) is 41.0. The van der Waals surface area contributed by atoms with Gasteiger partial charge in [0.25, 0.3) is 0 Å². The first-order valence-electron chi connectivity index (χ1n) is 40.6. The number of aromatic nitrogens is 17. The van der Waals surface area contributed by atoms with Gasteiger partial charge in [0.2, 0.25) is 0 Å². The zero-order chi connectivity index (χ0) is 87.7. The van der Waals surface area contributed by atoms with Crippen LogP contribution in [0.25, 0.3) is 134 Å². The standard InChI is InChI=1S/C26H24N6O3.C22H20F3N5O2.C22H20N6O2.C21H14ClN5O2/c27-24-23-22(31-25(32(23)29-13-28-24)15-4-6-16(7-5-15)26(34)35)20-12-17-2-1-3-19(21(17)30-20)14-8-10-18(33)11-9-14;23-22(24,25)14-3-1-2-13-10-15(28-16(13)14)17-18-19(26)27-8-9-30(18)20(29-17)11-4-6-12(7-5-11)21(31)32;23-11-15-3-1-2-14-10-16(26-17(14)15)18-19-20(24)25-8-9-28(19)21(27-18)12-4-6-13(7-5-12)22(29)30;22-14-6-2-3-11-10-15(25-16(11)14)17-18-19(23)24-7-8-27(18)20(26-17)12-4-1-5-13(9-12)21(28)29/h1-3,8-13,15-16,30,33H,4-7H2,(H,34,35)(H2,27,28,29);1-3,8-12,28H,4-7H2,(H2,26,27)(H,31,32);1-3,8-10,12-13,26H,4-7H2,(H2,24,25)(H,29,30);1-10,25H,(H2,23,24)(H,28,29). The number of nitrogen functional groups attached to an aromatic ring is 4. The van der Waals surface area contributed by atoms with Gasteiger partial charge in [-0.2, -0.15) is 23.5 Å². The molecule has 12 heterocycles. The Bertz CT molecular complexity index is 7380. The monoisotopic (exact) mass is 1710 g/mol. The number of carbonyl (C=O) groups is 4. The fourth-order valence-electron chi connectivity index (χ4n) is 17.9. The molecule has 0 unspecified atom stereocenters. The van der Waals surface area contributed by atoms with Crippen LogP contribution in [-0.2, 0) is 20.6 Å². The number of nitrogens with zero attached hydrogens (tertiary/aromatic N) is 14. The first kappa shape index (κ1) is 81.4. The van der Waals surface area contributed by atoms with E-state index in [4.69, 9.17) is 54.5 Å². The number of nitrogens with one attached hydrogen (secondary N) is 4. The second-order valence-corrected chi connectivity index (χ2v) is 32.1. The van der Waals surface area contributed by atoms with Gasteiger partial charge in [-0.3, -0.25) is 27.6 Å². The predicted octanol–water partition coefficient (Wildman–Crippen LogP) is 17.6. The van der Waals surface area contributed by atoms with Crippen molar-refractivity contribution in [1.29, 1.82) is 5.26 Å². The number of hydrogen-bond acceptors (Lipinski definition) is 19. The van der Waals surface area contributed by atoms with Gasteiger partial charge in [0.1, 0.15) is 104 Å². The number of halogens is 4. The van der Waals surface area contributed by atoms with Crippen LogP contribution >= 0.6 is 11.6 Å². The minimum absolute atomic E-state index is 0.0119. The van der Waals surface area contributed by atoms with Gasteiger partial charge >= 0.3 is 30.1 Å². The molecule has 0 amide bonds. The van der Waals surface area contributed by atoms with Gasteiger partial charge in [0.05, 0.1) is 84.3 Å².